The number of nitrogens with one attached hydrogen (secondary N) is 1. The number of amides is 1. The number of aromatic nitrogens is 2. The maximum atomic E-state index is 11.9. The molecule has 1 fully saturated rings. The van der Waals surface area contributed by atoms with E-state index in [1.165, 1.54) is 18.6 Å². The topological polar surface area (TPSA) is 66.1 Å². The summed E-state index contributed by atoms with van der Waals surface area (Å²) in [6.45, 7) is 1.58. The molecule has 1 aliphatic heterocycles. The third-order valence-electron chi connectivity index (χ3n) is 2.54. The number of carbonyl (C=O) groups is 1. The van der Waals surface area contributed by atoms with Gasteiger partial charge in [0.15, 0.2) is 0 Å². The molecule has 0 aromatic carbocycles. The minimum absolute atomic E-state index is 0.0917. The molecule has 2 rings (SSSR count). The molecule has 2 heterocycles. The molecule has 1 saturated heterocycles. The molecule has 80 valence electrons. The van der Waals surface area contributed by atoms with E-state index in [0.29, 0.717) is 5.69 Å². The first-order valence-corrected chi connectivity index (χ1v) is 5.12. The summed E-state index contributed by atoms with van der Waals surface area (Å²) in [4.78, 5) is 24.4. The zero-order valence-corrected chi connectivity index (χ0v) is 8.40. The molecule has 1 aliphatic rings. The smallest absolute Gasteiger partial charge is 0.274 e. The van der Waals surface area contributed by atoms with Crippen LogP contribution in [-0.2, 0) is 0 Å². The lowest BCUT2D eigenvalue weighted by atomic mass is 10.1. The second kappa shape index (κ2) is 4.25. The SMILES string of the molecule is O=C(c1ccc(=O)[nH]n1)N1CCCCC1. The van der Waals surface area contributed by atoms with E-state index in [2.05, 4.69) is 10.2 Å². The van der Waals surface area contributed by atoms with Gasteiger partial charge in [-0.25, -0.2) is 5.10 Å². The molecule has 0 unspecified atom stereocenters. The van der Waals surface area contributed by atoms with Crippen LogP contribution in [0.4, 0.5) is 0 Å². The van der Waals surface area contributed by atoms with Gasteiger partial charge >= 0.3 is 0 Å². The molecule has 5 nitrogen and oxygen atoms in total. The predicted molar refractivity (Wildman–Crippen MR) is 54.6 cm³/mol. The van der Waals surface area contributed by atoms with Crippen LogP contribution in [0.5, 0.6) is 0 Å². The van der Waals surface area contributed by atoms with Gasteiger partial charge in [0.2, 0.25) is 0 Å². The molecule has 0 saturated carbocycles. The lowest BCUT2D eigenvalue weighted by molar-refractivity contribution is 0.0717. The van der Waals surface area contributed by atoms with Gasteiger partial charge < -0.3 is 4.90 Å². The van der Waals surface area contributed by atoms with Gasteiger partial charge in [0.1, 0.15) is 5.69 Å². The molecule has 0 bridgehead atoms. The summed E-state index contributed by atoms with van der Waals surface area (Å²) in [5.74, 6) is -0.0917. The Morgan fingerprint density at radius 3 is 2.60 bits per heavy atom. The second-order valence-electron chi connectivity index (χ2n) is 3.66. The van der Waals surface area contributed by atoms with Gasteiger partial charge in [0.05, 0.1) is 0 Å². The highest BCUT2D eigenvalue weighted by Gasteiger charge is 2.18. The van der Waals surface area contributed by atoms with Gasteiger partial charge in [-0.15, -0.1) is 0 Å². The highest BCUT2D eigenvalue weighted by Crippen LogP contribution is 2.10. The number of hydrogen-bond donors (Lipinski definition) is 1. The van der Waals surface area contributed by atoms with Crippen molar-refractivity contribution in [3.05, 3.63) is 28.2 Å². The number of likely N-dealkylation sites (tertiary alicyclic amines) is 1. The Morgan fingerprint density at radius 1 is 1.27 bits per heavy atom. The van der Waals surface area contributed by atoms with Crippen LogP contribution < -0.4 is 5.56 Å². The Kier molecular flexibility index (Phi) is 2.80. The van der Waals surface area contributed by atoms with E-state index in [4.69, 9.17) is 0 Å². The van der Waals surface area contributed by atoms with Crippen LogP contribution in [-0.4, -0.2) is 34.1 Å². The summed E-state index contributed by atoms with van der Waals surface area (Å²) in [6.07, 6.45) is 3.28. The maximum Gasteiger partial charge on any atom is 0.274 e. The number of carbonyl (C=O) groups excluding carboxylic acids is 1. The lowest BCUT2D eigenvalue weighted by Gasteiger charge is -2.26. The second-order valence-corrected chi connectivity index (χ2v) is 3.66. The summed E-state index contributed by atoms with van der Waals surface area (Å²) >= 11 is 0. The summed E-state index contributed by atoms with van der Waals surface area (Å²) in [7, 11) is 0. The summed E-state index contributed by atoms with van der Waals surface area (Å²) in [6, 6.07) is 2.79. The third kappa shape index (κ3) is 2.23. The van der Waals surface area contributed by atoms with Crippen LogP contribution in [0.25, 0.3) is 0 Å². The molecule has 0 spiro atoms. The van der Waals surface area contributed by atoms with Crippen LogP contribution in [0.2, 0.25) is 0 Å². The van der Waals surface area contributed by atoms with Crippen LogP contribution >= 0.6 is 0 Å². The number of hydrogen-bond acceptors (Lipinski definition) is 3. The van der Waals surface area contributed by atoms with Crippen LogP contribution in [0, 0.1) is 0 Å². The van der Waals surface area contributed by atoms with Crippen molar-refractivity contribution in [1.82, 2.24) is 15.1 Å². The number of H-pyrrole nitrogens is 1. The first-order chi connectivity index (χ1) is 7.27. The Labute approximate surface area is 87.1 Å². The Bertz CT molecular complexity index is 387. The predicted octanol–water partition coefficient (Wildman–Crippen LogP) is 0.396. The van der Waals surface area contributed by atoms with Crippen molar-refractivity contribution in [2.45, 2.75) is 19.3 Å². The molecular weight excluding hydrogens is 194 g/mol. The number of piperidine rings is 1. The van der Waals surface area contributed by atoms with Crippen molar-refractivity contribution >= 4 is 5.91 Å². The average Bonchev–Trinajstić information content (AvgIpc) is 2.30. The first-order valence-electron chi connectivity index (χ1n) is 5.12. The van der Waals surface area contributed by atoms with E-state index in [1.54, 1.807) is 4.90 Å². The van der Waals surface area contributed by atoms with E-state index in [9.17, 15) is 9.59 Å². The van der Waals surface area contributed by atoms with E-state index in [1.807, 2.05) is 0 Å². The van der Waals surface area contributed by atoms with E-state index < -0.39 is 0 Å². The third-order valence-corrected chi connectivity index (χ3v) is 2.54. The molecule has 1 amide bonds. The standard InChI is InChI=1S/C10H13N3O2/c14-9-5-4-8(11-12-9)10(15)13-6-2-1-3-7-13/h4-5H,1-3,6-7H2,(H,12,14). The Hall–Kier alpha value is -1.65. The maximum absolute atomic E-state index is 11.9. The van der Waals surface area contributed by atoms with Crippen molar-refractivity contribution in [3.63, 3.8) is 0 Å². The van der Waals surface area contributed by atoms with Gasteiger partial charge in [-0.2, -0.15) is 5.10 Å². The largest absolute Gasteiger partial charge is 0.337 e. The molecule has 1 aromatic rings. The first kappa shape index (κ1) is 9.89. The van der Waals surface area contributed by atoms with E-state index >= 15 is 0 Å². The van der Waals surface area contributed by atoms with E-state index in [0.717, 1.165) is 25.9 Å². The van der Waals surface area contributed by atoms with Gasteiger partial charge in [-0.05, 0) is 25.3 Å². The minimum Gasteiger partial charge on any atom is -0.337 e. The zero-order chi connectivity index (χ0) is 10.7. The Balaban J connectivity index is 2.12. The molecule has 0 radical (unpaired) electrons. The van der Waals surface area contributed by atoms with Crippen molar-refractivity contribution in [1.29, 1.82) is 0 Å². The average molecular weight is 207 g/mol. The molecule has 1 aromatic heterocycles. The summed E-state index contributed by atoms with van der Waals surface area (Å²) < 4.78 is 0. The van der Waals surface area contributed by atoms with Crippen molar-refractivity contribution in [2.75, 3.05) is 13.1 Å². The number of nitrogens with zero attached hydrogens (tertiary/aromatic N) is 2. The lowest BCUT2D eigenvalue weighted by Crippen LogP contribution is -2.36. The molecule has 0 aliphatic carbocycles. The fourth-order valence-corrected chi connectivity index (χ4v) is 1.72. The van der Waals surface area contributed by atoms with Crippen molar-refractivity contribution in [2.24, 2.45) is 0 Å². The molecule has 15 heavy (non-hydrogen) atoms. The summed E-state index contributed by atoms with van der Waals surface area (Å²) in [5.41, 5.74) is 0.0293. The molecule has 5 heteroatoms. The van der Waals surface area contributed by atoms with Gasteiger partial charge in [0, 0.05) is 19.2 Å². The normalized spacial score (nSPS) is 16.4. The van der Waals surface area contributed by atoms with Crippen molar-refractivity contribution < 1.29 is 4.79 Å². The highest BCUT2D eigenvalue weighted by atomic mass is 16.2. The van der Waals surface area contributed by atoms with Crippen LogP contribution in [0.15, 0.2) is 16.9 Å². The quantitative estimate of drug-likeness (QED) is 0.724. The van der Waals surface area contributed by atoms with E-state index in [-0.39, 0.29) is 11.5 Å². The minimum atomic E-state index is -0.287. The number of rotatable bonds is 1. The molecule has 1 N–H and O–H groups in total. The number of aromatic amines is 1. The van der Waals surface area contributed by atoms with Crippen LogP contribution in [0.3, 0.4) is 0 Å². The monoisotopic (exact) mass is 207 g/mol. The fraction of sp³-hybridized carbons (Fsp3) is 0.500. The van der Waals surface area contributed by atoms with Crippen molar-refractivity contribution in [3.8, 4) is 0 Å². The van der Waals surface area contributed by atoms with Gasteiger partial charge in [-0.3, -0.25) is 9.59 Å². The van der Waals surface area contributed by atoms with Gasteiger partial charge in [0.25, 0.3) is 11.5 Å². The van der Waals surface area contributed by atoms with Crippen LogP contribution in [0.1, 0.15) is 29.8 Å². The Morgan fingerprint density at radius 2 is 2.00 bits per heavy atom. The fourth-order valence-electron chi connectivity index (χ4n) is 1.72. The zero-order valence-electron chi connectivity index (χ0n) is 8.40. The molecular formula is C10H13N3O2. The molecule has 0 atom stereocenters. The highest BCUT2D eigenvalue weighted by molar-refractivity contribution is 5.92. The summed E-state index contributed by atoms with van der Waals surface area (Å²) in [5, 5.41) is 5.99. The van der Waals surface area contributed by atoms with Gasteiger partial charge in [-0.1, -0.05) is 0 Å².